The fourth-order valence-electron chi connectivity index (χ4n) is 2.83. The number of rotatable bonds is 5. The van der Waals surface area contributed by atoms with Crippen LogP contribution in [0.5, 0.6) is 0 Å². The standard InChI is InChI=1S/C16H21N3OS/c1-11-7-13(9-20-11)14(19-17)8-16-18-15(10-21-16)12-5-3-2-4-6-12/h2-6,10-11,13-14,19H,7-9,17H2,1H3. The van der Waals surface area contributed by atoms with Crippen molar-refractivity contribution < 1.29 is 4.74 Å². The molecule has 0 bridgehead atoms. The maximum Gasteiger partial charge on any atom is 0.0948 e. The Labute approximate surface area is 129 Å². The number of hydrogen-bond acceptors (Lipinski definition) is 5. The Kier molecular flexibility index (Phi) is 4.65. The highest BCUT2D eigenvalue weighted by molar-refractivity contribution is 7.09. The lowest BCUT2D eigenvalue weighted by Crippen LogP contribution is -2.42. The summed E-state index contributed by atoms with van der Waals surface area (Å²) in [6.45, 7) is 2.90. The molecule has 4 nitrogen and oxygen atoms in total. The summed E-state index contributed by atoms with van der Waals surface area (Å²) in [7, 11) is 0. The molecule has 1 aromatic carbocycles. The summed E-state index contributed by atoms with van der Waals surface area (Å²) >= 11 is 1.70. The quantitative estimate of drug-likeness (QED) is 0.658. The van der Waals surface area contributed by atoms with Gasteiger partial charge in [-0.1, -0.05) is 30.3 Å². The molecular weight excluding hydrogens is 282 g/mol. The maximum atomic E-state index is 5.74. The van der Waals surface area contributed by atoms with Crippen molar-refractivity contribution >= 4 is 11.3 Å². The van der Waals surface area contributed by atoms with E-state index in [0.717, 1.165) is 35.7 Å². The summed E-state index contributed by atoms with van der Waals surface area (Å²) in [6, 6.07) is 10.5. The van der Waals surface area contributed by atoms with Crippen molar-refractivity contribution in [2.45, 2.75) is 31.9 Å². The van der Waals surface area contributed by atoms with Gasteiger partial charge in [0.25, 0.3) is 0 Å². The number of aromatic nitrogens is 1. The third kappa shape index (κ3) is 3.49. The number of hydrogen-bond donors (Lipinski definition) is 2. The fraction of sp³-hybridized carbons (Fsp3) is 0.438. The largest absolute Gasteiger partial charge is 0.378 e. The van der Waals surface area contributed by atoms with Crippen LogP contribution < -0.4 is 11.3 Å². The van der Waals surface area contributed by atoms with Crippen molar-refractivity contribution in [2.75, 3.05) is 6.61 Å². The second-order valence-corrected chi connectivity index (χ2v) is 6.55. The number of thiazole rings is 1. The molecule has 1 aliphatic rings. The smallest absolute Gasteiger partial charge is 0.0948 e. The monoisotopic (exact) mass is 303 g/mol. The topological polar surface area (TPSA) is 60.2 Å². The minimum absolute atomic E-state index is 0.227. The van der Waals surface area contributed by atoms with Gasteiger partial charge < -0.3 is 4.74 Å². The number of nitrogens with zero attached hydrogens (tertiary/aromatic N) is 1. The summed E-state index contributed by atoms with van der Waals surface area (Å²) < 4.78 is 5.65. The van der Waals surface area contributed by atoms with Gasteiger partial charge in [-0.15, -0.1) is 11.3 Å². The van der Waals surface area contributed by atoms with Crippen molar-refractivity contribution in [3.63, 3.8) is 0 Å². The minimum Gasteiger partial charge on any atom is -0.378 e. The van der Waals surface area contributed by atoms with Gasteiger partial charge in [0.1, 0.15) is 0 Å². The predicted molar refractivity (Wildman–Crippen MR) is 85.9 cm³/mol. The van der Waals surface area contributed by atoms with Crippen molar-refractivity contribution in [1.29, 1.82) is 0 Å². The Bertz CT molecular complexity index is 572. The third-order valence-electron chi connectivity index (χ3n) is 4.03. The highest BCUT2D eigenvalue weighted by atomic mass is 32.1. The number of benzene rings is 1. The van der Waals surface area contributed by atoms with Crippen molar-refractivity contribution in [2.24, 2.45) is 11.8 Å². The third-order valence-corrected chi connectivity index (χ3v) is 4.90. The zero-order valence-corrected chi connectivity index (χ0v) is 13.0. The lowest BCUT2D eigenvalue weighted by molar-refractivity contribution is 0.117. The summed E-state index contributed by atoms with van der Waals surface area (Å²) in [6.07, 6.45) is 2.25. The molecule has 1 fully saturated rings. The molecule has 2 heterocycles. The van der Waals surface area contributed by atoms with Crippen LogP contribution in [0, 0.1) is 5.92 Å². The van der Waals surface area contributed by atoms with Crippen molar-refractivity contribution in [3.05, 3.63) is 40.7 Å². The second-order valence-electron chi connectivity index (χ2n) is 5.61. The molecule has 21 heavy (non-hydrogen) atoms. The molecule has 0 spiro atoms. The molecule has 2 aromatic rings. The van der Waals surface area contributed by atoms with Gasteiger partial charge in [0.15, 0.2) is 0 Å². The van der Waals surface area contributed by atoms with Crippen LogP contribution in [0.4, 0.5) is 0 Å². The lowest BCUT2D eigenvalue weighted by atomic mass is 9.95. The van der Waals surface area contributed by atoms with E-state index in [0.29, 0.717) is 12.0 Å². The van der Waals surface area contributed by atoms with Crippen LogP contribution in [0.25, 0.3) is 11.3 Å². The first kappa shape index (κ1) is 14.7. The Morgan fingerprint density at radius 1 is 1.43 bits per heavy atom. The van der Waals surface area contributed by atoms with Crippen LogP contribution in [0.3, 0.4) is 0 Å². The highest BCUT2D eigenvalue weighted by Crippen LogP contribution is 2.27. The van der Waals surface area contributed by atoms with Crippen LogP contribution in [0.15, 0.2) is 35.7 Å². The molecule has 5 heteroatoms. The Balaban J connectivity index is 1.68. The summed E-state index contributed by atoms with van der Waals surface area (Å²) in [5.41, 5.74) is 5.15. The van der Waals surface area contributed by atoms with Gasteiger partial charge in [0.05, 0.1) is 23.4 Å². The molecule has 1 saturated heterocycles. The SMILES string of the molecule is CC1CC(C(Cc2nc(-c3ccccc3)cs2)NN)CO1. The first-order valence-corrected chi connectivity index (χ1v) is 8.22. The van der Waals surface area contributed by atoms with E-state index >= 15 is 0 Å². The molecule has 0 saturated carbocycles. The summed E-state index contributed by atoms with van der Waals surface area (Å²) in [5.74, 6) is 6.20. The summed E-state index contributed by atoms with van der Waals surface area (Å²) in [4.78, 5) is 4.74. The Morgan fingerprint density at radius 2 is 2.24 bits per heavy atom. The summed E-state index contributed by atoms with van der Waals surface area (Å²) in [5, 5.41) is 3.24. The van der Waals surface area contributed by atoms with Gasteiger partial charge in [-0.3, -0.25) is 11.3 Å². The van der Waals surface area contributed by atoms with Gasteiger partial charge >= 0.3 is 0 Å². The molecule has 1 aliphatic heterocycles. The van der Waals surface area contributed by atoms with E-state index in [4.69, 9.17) is 15.6 Å². The predicted octanol–water partition coefficient (Wildman–Crippen LogP) is 2.61. The average molecular weight is 303 g/mol. The van der Waals surface area contributed by atoms with E-state index in [1.807, 2.05) is 18.2 Å². The van der Waals surface area contributed by atoms with E-state index in [1.54, 1.807) is 11.3 Å². The maximum absolute atomic E-state index is 5.74. The molecule has 3 atom stereocenters. The van der Waals surface area contributed by atoms with Gasteiger partial charge in [0, 0.05) is 29.3 Å². The van der Waals surface area contributed by atoms with Gasteiger partial charge in [-0.05, 0) is 13.3 Å². The highest BCUT2D eigenvalue weighted by Gasteiger charge is 2.29. The molecule has 3 unspecified atom stereocenters. The average Bonchev–Trinajstić information content (AvgIpc) is 3.15. The van der Waals surface area contributed by atoms with E-state index in [2.05, 4.69) is 29.9 Å². The van der Waals surface area contributed by atoms with Gasteiger partial charge in [-0.2, -0.15) is 0 Å². The molecule has 1 aromatic heterocycles. The van der Waals surface area contributed by atoms with E-state index < -0.39 is 0 Å². The molecular formula is C16H21N3OS. The zero-order chi connectivity index (χ0) is 14.7. The van der Waals surface area contributed by atoms with Crippen molar-refractivity contribution in [1.82, 2.24) is 10.4 Å². The molecule has 3 N–H and O–H groups in total. The second kappa shape index (κ2) is 6.66. The first-order chi connectivity index (χ1) is 10.3. The van der Waals surface area contributed by atoms with Crippen LogP contribution in [-0.2, 0) is 11.2 Å². The Hall–Kier alpha value is -1.27. The molecule has 112 valence electrons. The van der Waals surface area contributed by atoms with E-state index in [-0.39, 0.29) is 6.04 Å². The molecule has 0 aliphatic carbocycles. The van der Waals surface area contributed by atoms with E-state index in [9.17, 15) is 0 Å². The number of hydrazine groups is 1. The minimum atomic E-state index is 0.227. The van der Waals surface area contributed by atoms with E-state index in [1.165, 1.54) is 0 Å². The van der Waals surface area contributed by atoms with Crippen LogP contribution >= 0.6 is 11.3 Å². The van der Waals surface area contributed by atoms with Crippen molar-refractivity contribution in [3.8, 4) is 11.3 Å². The van der Waals surface area contributed by atoms with Crippen LogP contribution in [0.1, 0.15) is 18.4 Å². The van der Waals surface area contributed by atoms with Gasteiger partial charge in [0.2, 0.25) is 0 Å². The van der Waals surface area contributed by atoms with Crippen LogP contribution in [-0.4, -0.2) is 23.7 Å². The Morgan fingerprint density at radius 3 is 2.90 bits per heavy atom. The van der Waals surface area contributed by atoms with Crippen LogP contribution in [0.2, 0.25) is 0 Å². The fourth-order valence-corrected chi connectivity index (χ4v) is 3.69. The first-order valence-electron chi connectivity index (χ1n) is 7.34. The number of nitrogens with one attached hydrogen (secondary N) is 1. The number of ether oxygens (including phenoxy) is 1. The number of nitrogens with two attached hydrogens (primary N) is 1. The van der Waals surface area contributed by atoms with Gasteiger partial charge in [-0.25, -0.2) is 4.98 Å². The lowest BCUT2D eigenvalue weighted by Gasteiger charge is -2.20. The molecule has 3 rings (SSSR count). The zero-order valence-electron chi connectivity index (χ0n) is 12.2. The molecule has 0 amide bonds. The molecule has 0 radical (unpaired) electrons. The normalized spacial score (nSPS) is 23.3.